The summed E-state index contributed by atoms with van der Waals surface area (Å²) in [5, 5.41) is 18.2. The Morgan fingerprint density at radius 2 is 2.27 bits per heavy atom. The molecule has 0 heterocycles. The molecule has 1 rings (SSSR count). The molecule has 0 radical (unpaired) electrons. The van der Waals surface area contributed by atoms with E-state index in [2.05, 4.69) is 0 Å². The molecule has 1 aliphatic rings. The molecule has 0 aromatic heterocycles. The largest absolute Gasteiger partial charge is 0.393 e. The first-order chi connectivity index (χ1) is 5.11. The Kier molecular flexibility index (Phi) is 2.62. The third-order valence-corrected chi connectivity index (χ3v) is 2.16. The maximum atomic E-state index is 10.8. The molecule has 0 aliphatic heterocycles. The molecule has 0 amide bonds. The van der Waals surface area contributed by atoms with Crippen molar-refractivity contribution in [1.82, 2.24) is 0 Å². The second kappa shape index (κ2) is 3.32. The number of aliphatic hydroxyl groups excluding tert-OH is 2. The minimum Gasteiger partial charge on any atom is -0.393 e. The van der Waals surface area contributed by atoms with Gasteiger partial charge >= 0.3 is 0 Å². The van der Waals surface area contributed by atoms with Crippen molar-refractivity contribution in [3.8, 4) is 0 Å². The van der Waals surface area contributed by atoms with Crippen LogP contribution in [0, 0.1) is 5.92 Å². The lowest BCUT2D eigenvalue weighted by Gasteiger charge is -2.29. The zero-order valence-corrected chi connectivity index (χ0v) is 6.66. The summed E-state index contributed by atoms with van der Waals surface area (Å²) in [6.45, 7) is 1.62. The molecule has 0 saturated heterocycles. The van der Waals surface area contributed by atoms with Gasteiger partial charge < -0.3 is 10.2 Å². The topological polar surface area (TPSA) is 57.5 Å². The molecule has 2 unspecified atom stereocenters. The fourth-order valence-corrected chi connectivity index (χ4v) is 1.35. The van der Waals surface area contributed by atoms with Crippen molar-refractivity contribution >= 4 is 5.78 Å². The first kappa shape index (κ1) is 8.68. The highest BCUT2D eigenvalue weighted by atomic mass is 16.3. The van der Waals surface area contributed by atoms with E-state index in [1.165, 1.54) is 0 Å². The second-order valence-electron chi connectivity index (χ2n) is 3.26. The number of aliphatic hydroxyl groups is 2. The van der Waals surface area contributed by atoms with Crippen LogP contribution < -0.4 is 0 Å². The Hall–Kier alpha value is -0.410. The predicted octanol–water partition coefficient (Wildman–Crippen LogP) is 0.0973. The number of carbonyl (C=O) groups excluding carboxylic acids is 1. The van der Waals surface area contributed by atoms with E-state index in [1.807, 2.05) is 0 Å². The van der Waals surface area contributed by atoms with Gasteiger partial charge in [-0.3, -0.25) is 4.79 Å². The van der Waals surface area contributed by atoms with Crippen LogP contribution in [0.25, 0.3) is 0 Å². The average Bonchev–Trinajstić information content (AvgIpc) is 1.82. The molecule has 11 heavy (non-hydrogen) atoms. The molecule has 1 aliphatic carbocycles. The van der Waals surface area contributed by atoms with Gasteiger partial charge in [-0.25, -0.2) is 0 Å². The van der Waals surface area contributed by atoms with Crippen molar-refractivity contribution in [2.24, 2.45) is 5.92 Å². The van der Waals surface area contributed by atoms with Gasteiger partial charge in [-0.2, -0.15) is 0 Å². The SMILES string of the molecule is CC(O)CC(O)[C@H]1CCC1=O. The maximum Gasteiger partial charge on any atom is 0.138 e. The van der Waals surface area contributed by atoms with Crippen molar-refractivity contribution in [2.45, 2.75) is 38.4 Å². The highest BCUT2D eigenvalue weighted by molar-refractivity contribution is 5.86. The average molecular weight is 158 g/mol. The number of Topliss-reactive ketones (excluding diaryl/α,β-unsaturated/α-hetero) is 1. The molecule has 0 aromatic carbocycles. The first-order valence-electron chi connectivity index (χ1n) is 4.00. The number of hydrogen-bond acceptors (Lipinski definition) is 3. The van der Waals surface area contributed by atoms with Crippen LogP contribution in [0.2, 0.25) is 0 Å². The summed E-state index contributed by atoms with van der Waals surface area (Å²) in [5.74, 6) is -0.0530. The highest BCUT2D eigenvalue weighted by Crippen LogP contribution is 2.27. The van der Waals surface area contributed by atoms with Crippen LogP contribution in [-0.2, 0) is 4.79 Å². The molecule has 3 nitrogen and oxygen atoms in total. The number of rotatable bonds is 3. The van der Waals surface area contributed by atoms with Gasteiger partial charge in [0, 0.05) is 12.3 Å². The van der Waals surface area contributed by atoms with Crippen LogP contribution >= 0.6 is 0 Å². The fraction of sp³-hybridized carbons (Fsp3) is 0.875. The number of hydrogen-bond donors (Lipinski definition) is 2. The summed E-state index contributed by atoms with van der Waals surface area (Å²) in [7, 11) is 0. The standard InChI is InChI=1S/C8H14O3/c1-5(9)4-8(11)6-2-3-7(6)10/h5-6,8-9,11H,2-4H2,1H3/t5?,6-,8?/m0/s1. The van der Waals surface area contributed by atoms with E-state index in [-0.39, 0.29) is 11.7 Å². The summed E-state index contributed by atoms with van der Waals surface area (Å²) < 4.78 is 0. The van der Waals surface area contributed by atoms with Gasteiger partial charge in [0.1, 0.15) is 5.78 Å². The smallest absolute Gasteiger partial charge is 0.138 e. The fourth-order valence-electron chi connectivity index (χ4n) is 1.35. The molecule has 3 atom stereocenters. The zero-order chi connectivity index (χ0) is 8.43. The Balaban J connectivity index is 2.29. The van der Waals surface area contributed by atoms with E-state index < -0.39 is 12.2 Å². The van der Waals surface area contributed by atoms with Crippen LogP contribution in [-0.4, -0.2) is 28.2 Å². The molecule has 0 aromatic rings. The summed E-state index contributed by atoms with van der Waals surface area (Å²) >= 11 is 0. The van der Waals surface area contributed by atoms with Gasteiger partial charge in [0.25, 0.3) is 0 Å². The van der Waals surface area contributed by atoms with Gasteiger partial charge in [-0.1, -0.05) is 0 Å². The van der Waals surface area contributed by atoms with E-state index in [1.54, 1.807) is 6.92 Å². The molecule has 1 fully saturated rings. The number of carbonyl (C=O) groups is 1. The van der Waals surface area contributed by atoms with E-state index in [0.717, 1.165) is 6.42 Å². The van der Waals surface area contributed by atoms with Gasteiger partial charge in [0.2, 0.25) is 0 Å². The zero-order valence-electron chi connectivity index (χ0n) is 6.66. The Morgan fingerprint density at radius 1 is 1.64 bits per heavy atom. The van der Waals surface area contributed by atoms with Crippen LogP contribution in [0.4, 0.5) is 0 Å². The van der Waals surface area contributed by atoms with E-state index >= 15 is 0 Å². The van der Waals surface area contributed by atoms with Crippen molar-refractivity contribution < 1.29 is 15.0 Å². The van der Waals surface area contributed by atoms with E-state index in [9.17, 15) is 9.90 Å². The molecular weight excluding hydrogens is 144 g/mol. The van der Waals surface area contributed by atoms with Gasteiger partial charge in [0.15, 0.2) is 0 Å². The number of ketones is 1. The minimum absolute atomic E-state index is 0.137. The molecule has 0 bridgehead atoms. The summed E-state index contributed by atoms with van der Waals surface area (Å²) in [4.78, 5) is 10.8. The van der Waals surface area contributed by atoms with Gasteiger partial charge in [0.05, 0.1) is 12.2 Å². The Labute approximate surface area is 66.0 Å². The lowest BCUT2D eigenvalue weighted by atomic mass is 9.78. The molecule has 1 saturated carbocycles. The second-order valence-corrected chi connectivity index (χ2v) is 3.26. The van der Waals surface area contributed by atoms with Crippen molar-refractivity contribution in [3.63, 3.8) is 0 Å². The van der Waals surface area contributed by atoms with Gasteiger partial charge in [-0.05, 0) is 19.8 Å². The summed E-state index contributed by atoms with van der Waals surface area (Å²) in [6.07, 6.45) is 0.555. The third-order valence-electron chi connectivity index (χ3n) is 2.16. The van der Waals surface area contributed by atoms with Crippen LogP contribution in [0.5, 0.6) is 0 Å². The van der Waals surface area contributed by atoms with Crippen molar-refractivity contribution in [2.75, 3.05) is 0 Å². The first-order valence-corrected chi connectivity index (χ1v) is 4.00. The maximum absolute atomic E-state index is 10.8. The molecule has 3 heteroatoms. The summed E-state index contributed by atoms with van der Waals surface area (Å²) in [5.41, 5.74) is 0. The molecule has 0 spiro atoms. The van der Waals surface area contributed by atoms with Crippen molar-refractivity contribution in [1.29, 1.82) is 0 Å². The lowest BCUT2D eigenvalue weighted by molar-refractivity contribution is -0.135. The Morgan fingerprint density at radius 3 is 2.55 bits per heavy atom. The van der Waals surface area contributed by atoms with E-state index in [4.69, 9.17) is 5.11 Å². The highest BCUT2D eigenvalue weighted by Gasteiger charge is 2.34. The molecule has 2 N–H and O–H groups in total. The van der Waals surface area contributed by atoms with Gasteiger partial charge in [-0.15, -0.1) is 0 Å². The molecule has 64 valence electrons. The van der Waals surface area contributed by atoms with Crippen LogP contribution in [0.3, 0.4) is 0 Å². The summed E-state index contributed by atoms with van der Waals surface area (Å²) in [6, 6.07) is 0. The van der Waals surface area contributed by atoms with Crippen molar-refractivity contribution in [3.05, 3.63) is 0 Å². The van der Waals surface area contributed by atoms with Crippen LogP contribution in [0.15, 0.2) is 0 Å². The third kappa shape index (κ3) is 2.01. The normalized spacial score (nSPS) is 29.4. The lowest BCUT2D eigenvalue weighted by Crippen LogP contribution is -2.37. The monoisotopic (exact) mass is 158 g/mol. The van der Waals surface area contributed by atoms with E-state index in [0.29, 0.717) is 12.8 Å². The molecular formula is C8H14O3. The Bertz CT molecular complexity index is 153. The predicted molar refractivity (Wildman–Crippen MR) is 40.0 cm³/mol. The van der Waals surface area contributed by atoms with Crippen LogP contribution in [0.1, 0.15) is 26.2 Å². The minimum atomic E-state index is -0.628. The quantitative estimate of drug-likeness (QED) is 0.612.